The number of alkyl halides is 3. The molecule has 1 aliphatic heterocycles. The van der Waals surface area contributed by atoms with E-state index in [0.717, 1.165) is 11.8 Å². The third-order valence-electron chi connectivity index (χ3n) is 3.01. The minimum atomic E-state index is -4.55. The van der Waals surface area contributed by atoms with Gasteiger partial charge in [0.1, 0.15) is 11.9 Å². The van der Waals surface area contributed by atoms with Crippen molar-refractivity contribution in [3.63, 3.8) is 0 Å². The lowest BCUT2D eigenvalue weighted by molar-refractivity contribution is -0.157. The lowest BCUT2D eigenvalue weighted by atomic mass is 10.1. The summed E-state index contributed by atoms with van der Waals surface area (Å²) in [4.78, 5) is 12.4. The van der Waals surface area contributed by atoms with Crippen molar-refractivity contribution in [1.82, 2.24) is 0 Å². The van der Waals surface area contributed by atoms with Crippen LogP contribution in [0.1, 0.15) is 6.92 Å². The van der Waals surface area contributed by atoms with Crippen molar-refractivity contribution in [1.29, 1.82) is 0 Å². The second-order valence-corrected chi connectivity index (χ2v) is 4.45. The topological polar surface area (TPSA) is 42.1 Å². The predicted octanol–water partition coefficient (Wildman–Crippen LogP) is 2.38. The highest BCUT2D eigenvalue weighted by Gasteiger charge is 2.54. The van der Waals surface area contributed by atoms with Crippen molar-refractivity contribution in [3.8, 4) is 5.75 Å². The molecule has 0 spiro atoms. The van der Waals surface area contributed by atoms with Crippen molar-refractivity contribution in [2.75, 3.05) is 18.6 Å². The van der Waals surface area contributed by atoms with Crippen molar-refractivity contribution in [3.05, 3.63) is 24.3 Å². The molecule has 7 heteroatoms. The minimum absolute atomic E-state index is 0.00408. The zero-order valence-electron chi connectivity index (χ0n) is 11.0. The second-order valence-electron chi connectivity index (χ2n) is 4.45. The van der Waals surface area contributed by atoms with Gasteiger partial charge in [0.25, 0.3) is 0 Å². The Morgan fingerprint density at radius 3 is 2.30 bits per heavy atom. The number of hydrogen-bond donors (Lipinski definition) is 0. The Morgan fingerprint density at radius 1 is 1.40 bits per heavy atom. The molecule has 20 heavy (non-hydrogen) atoms. The summed E-state index contributed by atoms with van der Waals surface area (Å²) < 4.78 is 49.2. The molecule has 0 radical (unpaired) electrons. The van der Waals surface area contributed by atoms with Crippen LogP contribution < -0.4 is 9.64 Å². The number of ether oxygens (including phenoxy) is 2. The molecule has 0 bridgehead atoms. The molecule has 4 nitrogen and oxygen atoms in total. The molecule has 110 valence electrons. The van der Waals surface area contributed by atoms with Crippen molar-refractivity contribution in [2.45, 2.75) is 25.2 Å². The molecule has 0 aromatic heterocycles. The number of epoxide rings is 1. The number of anilines is 1. The van der Waals surface area contributed by atoms with Gasteiger partial charge in [0.15, 0.2) is 6.04 Å². The highest BCUT2D eigenvalue weighted by molar-refractivity contribution is 5.92. The number of hydrogen-bond acceptors (Lipinski definition) is 3. The van der Waals surface area contributed by atoms with Crippen molar-refractivity contribution < 1.29 is 27.4 Å². The van der Waals surface area contributed by atoms with Crippen LogP contribution in [0.4, 0.5) is 18.9 Å². The number of benzene rings is 1. The maximum Gasteiger partial charge on any atom is 0.411 e. The fraction of sp³-hybridized carbons (Fsp3) is 0.462. The van der Waals surface area contributed by atoms with Crippen molar-refractivity contribution >= 4 is 11.6 Å². The fourth-order valence-corrected chi connectivity index (χ4v) is 2.04. The fourth-order valence-electron chi connectivity index (χ4n) is 2.04. The van der Waals surface area contributed by atoms with E-state index in [1.807, 2.05) is 0 Å². The standard InChI is InChI=1S/C13H14F3NO3/c1-8(18)17(9-3-5-10(19-2)6-4-9)12(11-7-20-11)13(14,15)16/h3-6,11-12H,7H2,1-2H3/t11-,12+/m0/s1. The van der Waals surface area contributed by atoms with Crippen LogP contribution in [0, 0.1) is 0 Å². The predicted molar refractivity (Wildman–Crippen MR) is 65.7 cm³/mol. The summed E-state index contributed by atoms with van der Waals surface area (Å²) in [7, 11) is 1.45. The number of nitrogens with zero attached hydrogens (tertiary/aromatic N) is 1. The molecule has 2 atom stereocenters. The summed E-state index contributed by atoms with van der Waals surface area (Å²) >= 11 is 0. The third kappa shape index (κ3) is 3.04. The van der Waals surface area contributed by atoms with Gasteiger partial charge in [-0.1, -0.05) is 0 Å². The molecule has 0 saturated carbocycles. The molecule has 2 rings (SSSR count). The Hall–Kier alpha value is -1.76. The van der Waals surface area contributed by atoms with Crippen LogP contribution in [0.25, 0.3) is 0 Å². The summed E-state index contributed by atoms with van der Waals surface area (Å²) in [6, 6.07) is 3.88. The van der Waals surface area contributed by atoms with Crippen LogP contribution in [0.15, 0.2) is 24.3 Å². The molecule has 1 saturated heterocycles. The smallest absolute Gasteiger partial charge is 0.411 e. The Labute approximate surface area is 114 Å². The molecular formula is C13H14F3NO3. The lowest BCUT2D eigenvalue weighted by Gasteiger charge is -2.31. The maximum atomic E-state index is 13.2. The summed E-state index contributed by atoms with van der Waals surface area (Å²) in [5.74, 6) is -0.184. The van der Waals surface area contributed by atoms with Crippen molar-refractivity contribution in [2.24, 2.45) is 0 Å². The first-order valence-electron chi connectivity index (χ1n) is 5.96. The number of carbonyl (C=O) groups is 1. The van der Waals surface area contributed by atoms with E-state index in [1.54, 1.807) is 0 Å². The van der Waals surface area contributed by atoms with E-state index in [-0.39, 0.29) is 12.3 Å². The number of rotatable bonds is 4. The van der Waals surface area contributed by atoms with E-state index in [2.05, 4.69) is 0 Å². The molecule has 0 aliphatic carbocycles. The highest BCUT2D eigenvalue weighted by Crippen LogP contribution is 2.36. The quantitative estimate of drug-likeness (QED) is 0.799. The monoisotopic (exact) mass is 289 g/mol. The zero-order chi connectivity index (χ0) is 14.9. The first kappa shape index (κ1) is 14.6. The van der Waals surface area contributed by atoms with Crippen LogP contribution in [0.5, 0.6) is 5.75 Å². The molecule has 1 heterocycles. The van der Waals surface area contributed by atoms with Crippen LogP contribution in [0.3, 0.4) is 0 Å². The molecule has 0 N–H and O–H groups in total. The first-order valence-corrected chi connectivity index (χ1v) is 5.96. The van der Waals surface area contributed by atoms with Gasteiger partial charge in [-0.15, -0.1) is 0 Å². The number of halogens is 3. The Morgan fingerprint density at radius 2 is 1.95 bits per heavy atom. The largest absolute Gasteiger partial charge is 0.497 e. The Bertz CT molecular complexity index is 483. The van der Waals surface area contributed by atoms with Gasteiger partial charge >= 0.3 is 6.18 Å². The van der Waals surface area contributed by atoms with Gasteiger partial charge in [-0.3, -0.25) is 9.69 Å². The number of methoxy groups -OCH3 is 1. The van der Waals surface area contributed by atoms with Crippen LogP contribution >= 0.6 is 0 Å². The average Bonchev–Trinajstić information content (AvgIpc) is 3.18. The SMILES string of the molecule is COc1ccc(N(C(C)=O)[C@H]([C@@H]2CO2)C(F)(F)F)cc1. The number of carbonyl (C=O) groups excluding carboxylic acids is 1. The van der Waals surface area contributed by atoms with Gasteiger partial charge in [-0.25, -0.2) is 0 Å². The first-order chi connectivity index (χ1) is 9.34. The van der Waals surface area contributed by atoms with E-state index in [0.29, 0.717) is 5.75 Å². The van der Waals surface area contributed by atoms with Crippen LogP contribution in [-0.2, 0) is 9.53 Å². The molecule has 1 aromatic rings. The van der Waals surface area contributed by atoms with E-state index < -0.39 is 24.2 Å². The minimum Gasteiger partial charge on any atom is -0.497 e. The van der Waals surface area contributed by atoms with Gasteiger partial charge < -0.3 is 9.47 Å². The van der Waals surface area contributed by atoms with Gasteiger partial charge in [-0.2, -0.15) is 13.2 Å². The number of amides is 1. The van der Waals surface area contributed by atoms with E-state index >= 15 is 0 Å². The third-order valence-corrected chi connectivity index (χ3v) is 3.01. The Kier molecular flexibility index (Phi) is 3.89. The van der Waals surface area contributed by atoms with Crippen LogP contribution in [0.2, 0.25) is 0 Å². The lowest BCUT2D eigenvalue weighted by Crippen LogP contribution is -2.51. The van der Waals surface area contributed by atoms with E-state index in [4.69, 9.17) is 9.47 Å². The van der Waals surface area contributed by atoms with Gasteiger partial charge in [0.05, 0.1) is 13.7 Å². The molecule has 0 unspecified atom stereocenters. The molecule has 1 fully saturated rings. The average molecular weight is 289 g/mol. The molecular weight excluding hydrogens is 275 g/mol. The van der Waals surface area contributed by atoms with Gasteiger partial charge in [-0.05, 0) is 24.3 Å². The van der Waals surface area contributed by atoms with E-state index in [9.17, 15) is 18.0 Å². The highest BCUT2D eigenvalue weighted by atomic mass is 19.4. The van der Waals surface area contributed by atoms with Crippen LogP contribution in [-0.4, -0.2) is 37.9 Å². The summed E-state index contributed by atoms with van der Waals surface area (Å²) in [6.07, 6.45) is -5.55. The van der Waals surface area contributed by atoms with Gasteiger partial charge in [0.2, 0.25) is 5.91 Å². The second kappa shape index (κ2) is 5.32. The Balaban J connectivity index is 2.36. The molecule has 1 aliphatic rings. The maximum absolute atomic E-state index is 13.2. The summed E-state index contributed by atoms with van der Waals surface area (Å²) in [5, 5.41) is 0. The summed E-state index contributed by atoms with van der Waals surface area (Å²) in [6.45, 7) is 1.11. The summed E-state index contributed by atoms with van der Waals surface area (Å²) in [5.41, 5.74) is 0.163. The van der Waals surface area contributed by atoms with E-state index in [1.165, 1.54) is 31.4 Å². The zero-order valence-corrected chi connectivity index (χ0v) is 11.0. The molecule has 1 amide bonds. The van der Waals surface area contributed by atoms with Gasteiger partial charge in [0, 0.05) is 12.6 Å². The normalized spacial score (nSPS) is 19.4. The molecule has 1 aromatic carbocycles.